The Labute approximate surface area is 478 Å². The number of fused-ring (bicyclic) bond motifs is 5. The first-order valence-corrected chi connectivity index (χ1v) is 28.2. The van der Waals surface area contributed by atoms with Crippen molar-refractivity contribution >= 4 is 60.4 Å². The molecule has 0 aliphatic carbocycles. The van der Waals surface area contributed by atoms with E-state index in [1.165, 1.54) is 105 Å². The molecule has 0 atom stereocenters. The first-order chi connectivity index (χ1) is 40.7. The van der Waals surface area contributed by atoms with Gasteiger partial charge in [0.2, 0.25) is 0 Å². The van der Waals surface area contributed by atoms with Crippen molar-refractivity contribution in [2.75, 3.05) is 4.90 Å². The zero-order chi connectivity index (χ0) is 54.3. The summed E-state index contributed by atoms with van der Waals surface area (Å²) in [7, 11) is 0. The third kappa shape index (κ3) is 8.62. The molecule has 14 aromatic carbocycles. The SMILES string of the molecule is c1ccc(-c2cccc(-c3c4ccccc4c(-c4cccc(N(c5ccccc5)c5ccc(-n6c7ccc(-c8ccccc8-c8ccccc8)cc7c7cc(-c8ccccc8-c8ccccc8)ccc76)cc5)c4)c4ccccc34)c2)cc1. The molecule has 0 radical (unpaired) electrons. The number of rotatable bonds is 11. The minimum Gasteiger partial charge on any atom is -0.310 e. The average molecular weight is 1040 g/mol. The summed E-state index contributed by atoms with van der Waals surface area (Å²) in [6.45, 7) is 0. The summed E-state index contributed by atoms with van der Waals surface area (Å²) >= 11 is 0. The lowest BCUT2D eigenvalue weighted by molar-refractivity contribution is 1.17. The molecule has 0 fully saturated rings. The topological polar surface area (TPSA) is 8.17 Å². The molecule has 82 heavy (non-hydrogen) atoms. The van der Waals surface area contributed by atoms with E-state index in [1.54, 1.807) is 0 Å². The van der Waals surface area contributed by atoms with E-state index in [9.17, 15) is 0 Å². The molecule has 15 aromatic rings. The van der Waals surface area contributed by atoms with Gasteiger partial charge in [0.15, 0.2) is 0 Å². The lowest BCUT2D eigenvalue weighted by Gasteiger charge is -2.26. The van der Waals surface area contributed by atoms with Gasteiger partial charge in [-0.2, -0.15) is 0 Å². The molecule has 384 valence electrons. The van der Waals surface area contributed by atoms with E-state index >= 15 is 0 Å². The third-order valence-corrected chi connectivity index (χ3v) is 16.4. The van der Waals surface area contributed by atoms with E-state index in [0.29, 0.717) is 0 Å². The minimum atomic E-state index is 1.07. The van der Waals surface area contributed by atoms with Crippen LogP contribution >= 0.6 is 0 Å². The van der Waals surface area contributed by atoms with Gasteiger partial charge in [0, 0.05) is 33.5 Å². The van der Waals surface area contributed by atoms with Crippen molar-refractivity contribution < 1.29 is 0 Å². The summed E-state index contributed by atoms with van der Waals surface area (Å²) in [5.41, 5.74) is 23.5. The number of anilines is 3. The van der Waals surface area contributed by atoms with Crippen molar-refractivity contribution in [3.8, 4) is 83.6 Å². The Bertz CT molecular complexity index is 4630. The predicted molar refractivity (Wildman–Crippen MR) is 349 cm³/mol. The monoisotopic (exact) mass is 1040 g/mol. The van der Waals surface area contributed by atoms with Crippen LogP contribution in [0.5, 0.6) is 0 Å². The summed E-state index contributed by atoms with van der Waals surface area (Å²) in [6.07, 6.45) is 0. The largest absolute Gasteiger partial charge is 0.310 e. The lowest BCUT2D eigenvalue weighted by atomic mass is 9.85. The van der Waals surface area contributed by atoms with E-state index in [-0.39, 0.29) is 0 Å². The van der Waals surface area contributed by atoms with E-state index < -0.39 is 0 Å². The quantitative estimate of drug-likeness (QED) is 0.117. The predicted octanol–water partition coefficient (Wildman–Crippen LogP) is 22.2. The van der Waals surface area contributed by atoms with Crippen LogP contribution in [-0.2, 0) is 0 Å². The Morgan fingerprint density at radius 3 is 1.04 bits per heavy atom. The normalized spacial score (nSPS) is 11.4. The third-order valence-electron chi connectivity index (χ3n) is 16.4. The number of hydrogen-bond donors (Lipinski definition) is 0. The summed E-state index contributed by atoms with van der Waals surface area (Å²) < 4.78 is 2.44. The number of para-hydroxylation sites is 1. The molecule has 1 heterocycles. The standard InChI is InChI=1S/C80H54N2/c1-5-23-55(24-6-1)58-29-21-30-61(51-58)79-71-39-17-19-41-73(71)80(74-42-20-18-40-72(74)79)62-31-22-34-66(52-62)81(63-32-11-4-12-33-63)64-45-47-65(48-46-64)82-77-49-43-59(69-37-15-13-35-67(69)56-25-7-2-8-26-56)53-75(77)76-54-60(44-50-78(76)82)70-38-16-14-36-68(70)57-27-9-3-10-28-57/h1-54H. The second kappa shape index (κ2) is 20.8. The number of nitrogens with zero attached hydrogens (tertiary/aromatic N) is 2. The van der Waals surface area contributed by atoms with Gasteiger partial charge in [0.1, 0.15) is 0 Å². The van der Waals surface area contributed by atoms with Crippen LogP contribution in [0, 0.1) is 0 Å². The van der Waals surface area contributed by atoms with Gasteiger partial charge in [0.05, 0.1) is 11.0 Å². The summed E-state index contributed by atoms with van der Waals surface area (Å²) in [4.78, 5) is 2.39. The Morgan fingerprint density at radius 2 is 0.549 bits per heavy atom. The molecule has 0 N–H and O–H groups in total. The summed E-state index contributed by atoms with van der Waals surface area (Å²) in [5, 5.41) is 7.31. The van der Waals surface area contributed by atoms with Crippen LogP contribution in [0.25, 0.3) is 127 Å². The van der Waals surface area contributed by atoms with Gasteiger partial charge in [-0.15, -0.1) is 0 Å². The van der Waals surface area contributed by atoms with Gasteiger partial charge in [-0.05, 0) is 178 Å². The van der Waals surface area contributed by atoms with Gasteiger partial charge in [-0.1, -0.05) is 249 Å². The zero-order valence-corrected chi connectivity index (χ0v) is 45.1. The van der Waals surface area contributed by atoms with Crippen LogP contribution in [0.3, 0.4) is 0 Å². The van der Waals surface area contributed by atoms with Crippen molar-refractivity contribution in [1.82, 2.24) is 4.57 Å². The highest BCUT2D eigenvalue weighted by atomic mass is 15.1. The van der Waals surface area contributed by atoms with E-state index in [1.807, 2.05) is 0 Å². The minimum absolute atomic E-state index is 1.07. The van der Waals surface area contributed by atoms with Gasteiger partial charge in [-0.25, -0.2) is 0 Å². The Kier molecular flexibility index (Phi) is 12.2. The molecule has 0 bridgehead atoms. The maximum Gasteiger partial charge on any atom is 0.0541 e. The number of hydrogen-bond acceptors (Lipinski definition) is 1. The fourth-order valence-corrected chi connectivity index (χ4v) is 12.7. The first kappa shape index (κ1) is 48.3. The maximum absolute atomic E-state index is 2.44. The van der Waals surface area contributed by atoms with Crippen molar-refractivity contribution in [3.05, 3.63) is 328 Å². The van der Waals surface area contributed by atoms with Crippen LogP contribution in [0.15, 0.2) is 328 Å². The van der Waals surface area contributed by atoms with Gasteiger partial charge in [-0.3, -0.25) is 0 Å². The van der Waals surface area contributed by atoms with E-state index in [2.05, 4.69) is 337 Å². The van der Waals surface area contributed by atoms with Crippen LogP contribution in [-0.4, -0.2) is 4.57 Å². The lowest BCUT2D eigenvalue weighted by Crippen LogP contribution is -2.10. The maximum atomic E-state index is 2.44. The molecule has 0 unspecified atom stereocenters. The highest BCUT2D eigenvalue weighted by Gasteiger charge is 2.22. The first-order valence-electron chi connectivity index (χ1n) is 28.2. The molecule has 2 nitrogen and oxygen atoms in total. The highest BCUT2D eigenvalue weighted by molar-refractivity contribution is 6.22. The second-order valence-electron chi connectivity index (χ2n) is 21.1. The molecule has 2 heteroatoms. The van der Waals surface area contributed by atoms with Gasteiger partial charge < -0.3 is 9.47 Å². The molecular formula is C80H54N2. The molecule has 0 saturated carbocycles. The van der Waals surface area contributed by atoms with E-state index in [0.717, 1.165) is 39.3 Å². The van der Waals surface area contributed by atoms with E-state index in [4.69, 9.17) is 0 Å². The number of benzene rings is 14. The smallest absolute Gasteiger partial charge is 0.0541 e. The number of aromatic nitrogens is 1. The fourth-order valence-electron chi connectivity index (χ4n) is 12.7. The van der Waals surface area contributed by atoms with Crippen LogP contribution in [0.2, 0.25) is 0 Å². The summed E-state index contributed by atoms with van der Waals surface area (Å²) in [5.74, 6) is 0. The second-order valence-corrected chi connectivity index (χ2v) is 21.1. The molecule has 0 spiro atoms. The average Bonchev–Trinajstić information content (AvgIpc) is 3.82. The van der Waals surface area contributed by atoms with Crippen molar-refractivity contribution in [1.29, 1.82) is 0 Å². The van der Waals surface area contributed by atoms with Gasteiger partial charge >= 0.3 is 0 Å². The molecule has 0 aliphatic rings. The van der Waals surface area contributed by atoms with Crippen molar-refractivity contribution in [3.63, 3.8) is 0 Å². The molecule has 0 amide bonds. The highest BCUT2D eigenvalue weighted by Crippen LogP contribution is 2.47. The van der Waals surface area contributed by atoms with Crippen LogP contribution in [0.4, 0.5) is 17.1 Å². The molecule has 1 aromatic heterocycles. The Morgan fingerprint density at radius 1 is 0.195 bits per heavy atom. The molecule has 0 aliphatic heterocycles. The van der Waals surface area contributed by atoms with Crippen LogP contribution in [0.1, 0.15) is 0 Å². The summed E-state index contributed by atoms with van der Waals surface area (Å²) in [6, 6.07) is 120. The molecular weight excluding hydrogens is 989 g/mol. The van der Waals surface area contributed by atoms with Crippen molar-refractivity contribution in [2.45, 2.75) is 0 Å². The fraction of sp³-hybridized carbons (Fsp3) is 0. The zero-order valence-electron chi connectivity index (χ0n) is 45.1. The van der Waals surface area contributed by atoms with Crippen LogP contribution < -0.4 is 4.90 Å². The molecule has 15 rings (SSSR count). The van der Waals surface area contributed by atoms with Crippen molar-refractivity contribution in [2.24, 2.45) is 0 Å². The Balaban J connectivity index is 0.863. The van der Waals surface area contributed by atoms with Gasteiger partial charge in [0.25, 0.3) is 0 Å². The molecule has 0 saturated heterocycles. The Hall–Kier alpha value is -10.8.